The van der Waals surface area contributed by atoms with Gasteiger partial charge in [0.1, 0.15) is 11.0 Å². The number of rotatable bonds is 0. The monoisotopic (exact) mass is 161 g/mol. The lowest BCUT2D eigenvalue weighted by Gasteiger charge is -1.98. The summed E-state index contributed by atoms with van der Waals surface area (Å²) in [5.41, 5.74) is 12.8. The van der Waals surface area contributed by atoms with Crippen LogP contribution >= 0.6 is 0 Å². The van der Waals surface area contributed by atoms with Crippen LogP contribution in [0.4, 0.5) is 11.6 Å². The second-order valence-corrected chi connectivity index (χ2v) is 2.38. The third-order valence-corrected chi connectivity index (χ3v) is 1.53. The molecule has 1 aromatic heterocycles. The summed E-state index contributed by atoms with van der Waals surface area (Å²) in [4.78, 5) is 3.95. The summed E-state index contributed by atoms with van der Waals surface area (Å²) in [6.45, 7) is 0. The molecular weight excluding hydrogens is 154 g/mol. The molecule has 0 atom stereocenters. The highest BCUT2D eigenvalue weighted by atomic mass is 15.2. The molecule has 0 radical (unpaired) electrons. The summed E-state index contributed by atoms with van der Waals surface area (Å²) in [6, 6.07) is 5.33. The summed E-state index contributed by atoms with van der Waals surface area (Å²) < 4.78 is 0. The average molecular weight is 161 g/mol. The zero-order valence-corrected chi connectivity index (χ0v) is 6.23. The topological polar surface area (TPSA) is 90.7 Å². The molecular formula is C7H7N5. The van der Waals surface area contributed by atoms with Gasteiger partial charge in [-0.3, -0.25) is 0 Å². The fraction of sp³-hybridized carbons (Fsp3) is 0. The zero-order valence-electron chi connectivity index (χ0n) is 6.23. The van der Waals surface area contributed by atoms with Gasteiger partial charge < -0.3 is 11.5 Å². The van der Waals surface area contributed by atoms with E-state index in [9.17, 15) is 0 Å². The van der Waals surface area contributed by atoms with Crippen LogP contribution in [0.25, 0.3) is 11.0 Å². The molecule has 0 aliphatic carbocycles. The number of benzene rings is 1. The lowest BCUT2D eigenvalue weighted by atomic mass is 10.3. The van der Waals surface area contributed by atoms with Crippen molar-refractivity contribution >= 4 is 22.7 Å². The third kappa shape index (κ3) is 0.914. The second kappa shape index (κ2) is 2.30. The van der Waals surface area contributed by atoms with Crippen molar-refractivity contribution in [3.8, 4) is 0 Å². The van der Waals surface area contributed by atoms with E-state index in [4.69, 9.17) is 11.5 Å². The van der Waals surface area contributed by atoms with Gasteiger partial charge >= 0.3 is 0 Å². The van der Waals surface area contributed by atoms with Gasteiger partial charge in [0.2, 0.25) is 5.95 Å². The van der Waals surface area contributed by atoms with Crippen molar-refractivity contribution < 1.29 is 0 Å². The first-order valence-electron chi connectivity index (χ1n) is 3.42. The normalized spacial score (nSPS) is 10.3. The molecule has 0 saturated carbocycles. The van der Waals surface area contributed by atoms with Crippen LogP contribution in [0, 0.1) is 0 Å². The largest absolute Gasteiger partial charge is 0.397 e. The van der Waals surface area contributed by atoms with Gasteiger partial charge in [-0.25, -0.2) is 4.98 Å². The molecule has 0 aliphatic heterocycles. The minimum atomic E-state index is 0.139. The highest BCUT2D eigenvalue weighted by Gasteiger charge is 2.00. The van der Waals surface area contributed by atoms with E-state index < -0.39 is 0 Å². The summed E-state index contributed by atoms with van der Waals surface area (Å²) in [5, 5.41) is 7.43. The van der Waals surface area contributed by atoms with Crippen molar-refractivity contribution in [2.24, 2.45) is 0 Å². The molecule has 0 spiro atoms. The van der Waals surface area contributed by atoms with Crippen molar-refractivity contribution in [2.75, 3.05) is 11.5 Å². The number of anilines is 2. The lowest BCUT2D eigenvalue weighted by Crippen LogP contribution is -1.99. The maximum absolute atomic E-state index is 5.64. The maximum atomic E-state index is 5.64. The number of para-hydroxylation sites is 1. The lowest BCUT2D eigenvalue weighted by molar-refractivity contribution is 1.04. The number of nitrogens with zero attached hydrogens (tertiary/aromatic N) is 3. The predicted molar refractivity (Wildman–Crippen MR) is 46.2 cm³/mol. The van der Waals surface area contributed by atoms with Gasteiger partial charge in [-0.05, 0) is 12.1 Å². The van der Waals surface area contributed by atoms with Gasteiger partial charge in [0.25, 0.3) is 0 Å². The van der Waals surface area contributed by atoms with Crippen molar-refractivity contribution in [2.45, 2.75) is 0 Å². The molecule has 0 aliphatic rings. The smallest absolute Gasteiger partial charge is 0.240 e. The minimum Gasteiger partial charge on any atom is -0.397 e. The molecule has 5 nitrogen and oxygen atoms in total. The first-order valence-corrected chi connectivity index (χ1v) is 3.42. The molecule has 0 fully saturated rings. The number of hydrogen-bond donors (Lipinski definition) is 2. The highest BCUT2D eigenvalue weighted by Crippen LogP contribution is 2.15. The van der Waals surface area contributed by atoms with Crippen LogP contribution in [0.3, 0.4) is 0 Å². The van der Waals surface area contributed by atoms with E-state index in [0.29, 0.717) is 16.7 Å². The van der Waals surface area contributed by atoms with E-state index in [2.05, 4.69) is 15.2 Å². The van der Waals surface area contributed by atoms with Gasteiger partial charge in [0.05, 0.1) is 5.69 Å². The molecule has 2 aromatic rings. The van der Waals surface area contributed by atoms with E-state index in [1.807, 2.05) is 0 Å². The fourth-order valence-electron chi connectivity index (χ4n) is 0.993. The van der Waals surface area contributed by atoms with E-state index >= 15 is 0 Å². The van der Waals surface area contributed by atoms with Crippen LogP contribution in [-0.4, -0.2) is 15.2 Å². The molecule has 12 heavy (non-hydrogen) atoms. The van der Waals surface area contributed by atoms with E-state index in [-0.39, 0.29) is 5.95 Å². The number of fused-ring (bicyclic) bond motifs is 1. The van der Waals surface area contributed by atoms with Gasteiger partial charge in [-0.2, -0.15) is 0 Å². The second-order valence-electron chi connectivity index (χ2n) is 2.38. The Morgan fingerprint density at radius 1 is 1.08 bits per heavy atom. The van der Waals surface area contributed by atoms with Gasteiger partial charge in [-0.15, -0.1) is 10.2 Å². The van der Waals surface area contributed by atoms with Gasteiger partial charge in [0, 0.05) is 0 Å². The molecule has 0 unspecified atom stereocenters. The van der Waals surface area contributed by atoms with Crippen LogP contribution < -0.4 is 11.5 Å². The van der Waals surface area contributed by atoms with Crippen molar-refractivity contribution in [3.05, 3.63) is 18.2 Å². The van der Waals surface area contributed by atoms with E-state index in [0.717, 1.165) is 0 Å². The average Bonchev–Trinajstić information content (AvgIpc) is 2.07. The Morgan fingerprint density at radius 3 is 2.75 bits per heavy atom. The minimum absolute atomic E-state index is 0.139. The zero-order chi connectivity index (χ0) is 8.55. The van der Waals surface area contributed by atoms with Crippen molar-refractivity contribution in [1.82, 2.24) is 15.2 Å². The molecule has 0 bridgehead atoms. The Balaban J connectivity index is 2.88. The maximum Gasteiger partial charge on any atom is 0.240 e. The molecule has 0 amide bonds. The standard InChI is InChI=1S/C7H7N5/c8-4-2-1-3-5-6(4)10-7(9)12-11-5/h1-3H,8H2,(H2,9,10,12). The van der Waals surface area contributed by atoms with Gasteiger partial charge in [0.15, 0.2) is 0 Å². The Labute approximate surface area is 68.4 Å². The van der Waals surface area contributed by atoms with E-state index in [1.54, 1.807) is 18.2 Å². The molecule has 0 saturated heterocycles. The van der Waals surface area contributed by atoms with Crippen LogP contribution in [0.5, 0.6) is 0 Å². The Morgan fingerprint density at radius 2 is 1.92 bits per heavy atom. The molecule has 5 heteroatoms. The quantitative estimate of drug-likeness (QED) is 0.538. The fourth-order valence-corrected chi connectivity index (χ4v) is 0.993. The highest BCUT2D eigenvalue weighted by molar-refractivity contribution is 5.86. The number of aromatic nitrogens is 3. The number of hydrogen-bond acceptors (Lipinski definition) is 5. The number of nitrogens with two attached hydrogens (primary N) is 2. The summed E-state index contributed by atoms with van der Waals surface area (Å²) in [5.74, 6) is 0.139. The first-order chi connectivity index (χ1) is 5.77. The Kier molecular flexibility index (Phi) is 1.30. The Hall–Kier alpha value is -1.91. The van der Waals surface area contributed by atoms with Crippen LogP contribution in [0.2, 0.25) is 0 Å². The van der Waals surface area contributed by atoms with Crippen molar-refractivity contribution in [3.63, 3.8) is 0 Å². The molecule has 2 rings (SSSR count). The molecule has 60 valence electrons. The predicted octanol–water partition coefficient (Wildman–Crippen LogP) is 0.189. The van der Waals surface area contributed by atoms with Crippen molar-refractivity contribution in [1.29, 1.82) is 0 Å². The van der Waals surface area contributed by atoms with Gasteiger partial charge in [-0.1, -0.05) is 6.07 Å². The summed E-state index contributed by atoms with van der Waals surface area (Å²) in [6.07, 6.45) is 0. The molecule has 4 N–H and O–H groups in total. The number of nitrogen functional groups attached to an aromatic ring is 2. The molecule has 1 heterocycles. The van der Waals surface area contributed by atoms with Crippen LogP contribution in [0.15, 0.2) is 18.2 Å². The van der Waals surface area contributed by atoms with Crippen LogP contribution in [-0.2, 0) is 0 Å². The van der Waals surface area contributed by atoms with Crippen LogP contribution in [0.1, 0.15) is 0 Å². The molecule has 1 aromatic carbocycles. The van der Waals surface area contributed by atoms with E-state index in [1.165, 1.54) is 0 Å². The Bertz CT molecular complexity index is 425. The third-order valence-electron chi connectivity index (χ3n) is 1.53. The first kappa shape index (κ1) is 6.78. The summed E-state index contributed by atoms with van der Waals surface area (Å²) >= 11 is 0. The summed E-state index contributed by atoms with van der Waals surface area (Å²) in [7, 11) is 0. The SMILES string of the molecule is Nc1nnc2cccc(N)c2n1.